The second kappa shape index (κ2) is 9.43. The van der Waals surface area contributed by atoms with Gasteiger partial charge in [0, 0.05) is 43.9 Å². The number of ether oxygens (including phenoxy) is 1. The van der Waals surface area contributed by atoms with Gasteiger partial charge in [-0.2, -0.15) is 0 Å². The van der Waals surface area contributed by atoms with E-state index in [9.17, 15) is 0 Å². The molecule has 0 radical (unpaired) electrons. The Morgan fingerprint density at radius 1 is 1.25 bits per heavy atom. The molecule has 2 aliphatic heterocycles. The number of aromatic nitrogens is 1. The number of aliphatic imine (C=N–C) groups is 1. The Labute approximate surface area is 167 Å². The number of guanidine groups is 1. The molecule has 1 aromatic heterocycles. The molecule has 4 rings (SSSR count). The highest BCUT2D eigenvalue weighted by Crippen LogP contribution is 2.22. The zero-order chi connectivity index (χ0) is 19.2. The minimum atomic E-state index is 0.219. The molecule has 6 nitrogen and oxygen atoms in total. The predicted molar refractivity (Wildman–Crippen MR) is 115 cm³/mol. The molecule has 2 saturated heterocycles. The number of rotatable bonds is 7. The molecule has 2 fully saturated rings. The van der Waals surface area contributed by atoms with Crippen molar-refractivity contribution >= 4 is 16.9 Å². The van der Waals surface area contributed by atoms with Crippen molar-refractivity contribution in [2.75, 3.05) is 39.3 Å². The zero-order valence-corrected chi connectivity index (χ0v) is 16.9. The number of morpholine rings is 1. The van der Waals surface area contributed by atoms with Crippen molar-refractivity contribution in [1.82, 2.24) is 20.1 Å². The van der Waals surface area contributed by atoms with Crippen LogP contribution in [0.15, 0.2) is 41.5 Å². The molecule has 0 amide bonds. The summed E-state index contributed by atoms with van der Waals surface area (Å²) in [5.74, 6) is 0.895. The van der Waals surface area contributed by atoms with Crippen LogP contribution in [-0.4, -0.2) is 66.9 Å². The van der Waals surface area contributed by atoms with Gasteiger partial charge in [0.15, 0.2) is 5.96 Å². The topological polar surface area (TPSA) is 53.8 Å². The number of benzene rings is 1. The fourth-order valence-corrected chi connectivity index (χ4v) is 4.32. The molecule has 2 aromatic rings. The van der Waals surface area contributed by atoms with Gasteiger partial charge in [0.2, 0.25) is 0 Å². The second-order valence-corrected chi connectivity index (χ2v) is 7.81. The fraction of sp³-hybridized carbons (Fsp3) is 0.591. The molecule has 0 saturated carbocycles. The summed E-state index contributed by atoms with van der Waals surface area (Å²) in [5.41, 5.74) is 1.30. The maximum absolute atomic E-state index is 6.03. The number of nitrogens with zero attached hydrogens (tertiary/aromatic N) is 3. The average molecular weight is 384 g/mol. The van der Waals surface area contributed by atoms with Gasteiger partial charge in [0.1, 0.15) is 0 Å². The summed E-state index contributed by atoms with van der Waals surface area (Å²) < 4.78 is 8.35. The van der Waals surface area contributed by atoms with Crippen LogP contribution in [0.1, 0.15) is 26.2 Å². The van der Waals surface area contributed by atoms with Crippen LogP contribution in [0.2, 0.25) is 0 Å². The lowest BCUT2D eigenvalue weighted by Gasteiger charge is -2.34. The van der Waals surface area contributed by atoms with Gasteiger partial charge < -0.3 is 19.9 Å². The van der Waals surface area contributed by atoms with Gasteiger partial charge in [-0.15, -0.1) is 0 Å². The first kappa shape index (κ1) is 19.3. The van der Waals surface area contributed by atoms with Crippen LogP contribution in [0.4, 0.5) is 0 Å². The number of hydrogen-bond donors (Lipinski definition) is 2. The molecular weight excluding hydrogens is 350 g/mol. The minimum absolute atomic E-state index is 0.219. The van der Waals surface area contributed by atoms with E-state index < -0.39 is 0 Å². The maximum Gasteiger partial charge on any atom is 0.191 e. The minimum Gasteiger partial charge on any atom is -0.373 e. The monoisotopic (exact) mass is 383 g/mol. The first-order valence-corrected chi connectivity index (χ1v) is 10.7. The van der Waals surface area contributed by atoms with Gasteiger partial charge in [0.05, 0.1) is 19.3 Å². The molecule has 2 aliphatic rings. The molecule has 6 heteroatoms. The van der Waals surface area contributed by atoms with Crippen LogP contribution in [0, 0.1) is 0 Å². The molecule has 0 aliphatic carbocycles. The SMILES string of the molecule is CCNC(=NCC1CN2CCCC2CO1)NCCCn1ccc2ccccc21. The quantitative estimate of drug-likeness (QED) is 0.438. The van der Waals surface area contributed by atoms with Crippen molar-refractivity contribution in [1.29, 1.82) is 0 Å². The number of hydrogen-bond acceptors (Lipinski definition) is 3. The van der Waals surface area contributed by atoms with Crippen molar-refractivity contribution < 1.29 is 4.74 Å². The third kappa shape index (κ3) is 4.67. The molecular formula is C22H33N5O. The highest BCUT2D eigenvalue weighted by molar-refractivity contribution is 5.80. The lowest BCUT2D eigenvalue weighted by atomic mass is 10.2. The average Bonchev–Trinajstić information content (AvgIpc) is 3.35. The molecule has 3 heterocycles. The van der Waals surface area contributed by atoms with Gasteiger partial charge in [-0.1, -0.05) is 18.2 Å². The Balaban J connectivity index is 1.23. The van der Waals surface area contributed by atoms with E-state index in [0.717, 1.165) is 51.7 Å². The number of para-hydroxylation sites is 1. The van der Waals surface area contributed by atoms with E-state index in [1.807, 2.05) is 0 Å². The van der Waals surface area contributed by atoms with Gasteiger partial charge in [-0.3, -0.25) is 9.89 Å². The summed E-state index contributed by atoms with van der Waals surface area (Å²) >= 11 is 0. The van der Waals surface area contributed by atoms with Gasteiger partial charge in [-0.05, 0) is 50.2 Å². The first-order valence-electron chi connectivity index (χ1n) is 10.7. The van der Waals surface area contributed by atoms with E-state index in [0.29, 0.717) is 6.04 Å². The molecule has 0 spiro atoms. The van der Waals surface area contributed by atoms with Crippen LogP contribution in [0.3, 0.4) is 0 Å². The van der Waals surface area contributed by atoms with E-state index in [2.05, 4.69) is 63.6 Å². The van der Waals surface area contributed by atoms with E-state index in [1.54, 1.807) is 0 Å². The summed E-state index contributed by atoms with van der Waals surface area (Å²) in [5, 5.41) is 8.13. The third-order valence-corrected chi connectivity index (χ3v) is 5.81. The molecule has 152 valence electrons. The fourth-order valence-electron chi connectivity index (χ4n) is 4.32. The van der Waals surface area contributed by atoms with Crippen LogP contribution >= 0.6 is 0 Å². The Bertz CT molecular complexity index is 786. The number of nitrogens with one attached hydrogen (secondary N) is 2. The van der Waals surface area contributed by atoms with Gasteiger partial charge >= 0.3 is 0 Å². The largest absolute Gasteiger partial charge is 0.373 e. The van der Waals surface area contributed by atoms with E-state index in [-0.39, 0.29) is 6.10 Å². The summed E-state index contributed by atoms with van der Waals surface area (Å²) in [7, 11) is 0. The van der Waals surface area contributed by atoms with Crippen molar-refractivity contribution in [3.8, 4) is 0 Å². The molecule has 2 atom stereocenters. The molecule has 0 bridgehead atoms. The molecule has 2 N–H and O–H groups in total. The Kier molecular flexibility index (Phi) is 6.49. The molecule has 2 unspecified atom stereocenters. The summed E-state index contributed by atoms with van der Waals surface area (Å²) in [6.07, 6.45) is 6.05. The number of aryl methyl sites for hydroxylation is 1. The summed E-state index contributed by atoms with van der Waals surface area (Å²) in [6, 6.07) is 11.4. The lowest BCUT2D eigenvalue weighted by Crippen LogP contribution is -2.47. The maximum atomic E-state index is 6.03. The van der Waals surface area contributed by atoms with Gasteiger partial charge in [-0.25, -0.2) is 0 Å². The van der Waals surface area contributed by atoms with E-state index in [4.69, 9.17) is 9.73 Å². The Hall–Kier alpha value is -2.05. The van der Waals surface area contributed by atoms with E-state index in [1.165, 1.54) is 30.3 Å². The summed E-state index contributed by atoms with van der Waals surface area (Å²) in [4.78, 5) is 7.35. The normalized spacial score (nSPS) is 23.1. The van der Waals surface area contributed by atoms with Crippen LogP contribution < -0.4 is 10.6 Å². The van der Waals surface area contributed by atoms with E-state index >= 15 is 0 Å². The van der Waals surface area contributed by atoms with Crippen molar-refractivity contribution in [3.05, 3.63) is 36.5 Å². The van der Waals surface area contributed by atoms with Crippen LogP contribution in [-0.2, 0) is 11.3 Å². The highest BCUT2D eigenvalue weighted by atomic mass is 16.5. The van der Waals surface area contributed by atoms with Crippen molar-refractivity contribution in [2.45, 2.75) is 44.9 Å². The molecule has 1 aromatic carbocycles. The van der Waals surface area contributed by atoms with Gasteiger partial charge in [0.25, 0.3) is 0 Å². The standard InChI is InChI=1S/C22H33N5O/c1-2-23-22(25-15-20-16-27-12-5-8-19(27)17-28-20)24-11-6-13-26-14-10-18-7-3-4-9-21(18)26/h3-4,7,9-10,14,19-20H,2,5-6,8,11-13,15-17H2,1H3,(H2,23,24,25). The summed E-state index contributed by atoms with van der Waals surface area (Å²) in [6.45, 7) is 8.72. The first-order chi connectivity index (χ1) is 13.8. The predicted octanol–water partition coefficient (Wildman–Crippen LogP) is 2.45. The Morgan fingerprint density at radius 3 is 3.11 bits per heavy atom. The second-order valence-electron chi connectivity index (χ2n) is 7.81. The molecule has 28 heavy (non-hydrogen) atoms. The Morgan fingerprint density at radius 2 is 2.18 bits per heavy atom. The highest BCUT2D eigenvalue weighted by Gasteiger charge is 2.31. The van der Waals surface area contributed by atoms with Crippen molar-refractivity contribution in [3.63, 3.8) is 0 Å². The van der Waals surface area contributed by atoms with Crippen LogP contribution in [0.25, 0.3) is 10.9 Å². The number of fused-ring (bicyclic) bond motifs is 2. The van der Waals surface area contributed by atoms with Crippen molar-refractivity contribution in [2.24, 2.45) is 4.99 Å². The smallest absolute Gasteiger partial charge is 0.191 e. The zero-order valence-electron chi connectivity index (χ0n) is 16.9. The lowest BCUT2D eigenvalue weighted by molar-refractivity contribution is -0.0432. The van der Waals surface area contributed by atoms with Crippen LogP contribution in [0.5, 0.6) is 0 Å². The third-order valence-electron chi connectivity index (χ3n) is 5.81.